The lowest BCUT2D eigenvalue weighted by molar-refractivity contribution is -0.201. The highest BCUT2D eigenvalue weighted by atomic mass is 32.1. The SMILES string of the molecule is CCC1(C)CC2(Cn3ncc(C4=CC=C(N5CCC/C(=C(C)/C(N)=N\c6nc7ccc(F)cc7s6)C5=N)NC4=C(O)O)c3C)CC(C)(C)CC(OCCN3CCCC3)(C1)C2. The Hall–Kier alpha value is -4.53. The summed E-state index contributed by atoms with van der Waals surface area (Å²) < 4.78 is 23.7. The van der Waals surface area contributed by atoms with Gasteiger partial charge in [0.05, 0.1) is 28.6 Å². The molecule has 2 bridgehead atoms. The van der Waals surface area contributed by atoms with Crippen molar-refractivity contribution in [3.63, 3.8) is 0 Å². The number of rotatable bonds is 11. The lowest BCUT2D eigenvalue weighted by atomic mass is 9.47. The van der Waals surface area contributed by atoms with Crippen LogP contribution in [0.2, 0.25) is 0 Å². The maximum Gasteiger partial charge on any atom is 0.299 e. The van der Waals surface area contributed by atoms with Gasteiger partial charge >= 0.3 is 0 Å². The summed E-state index contributed by atoms with van der Waals surface area (Å²) in [4.78, 5) is 13.4. The van der Waals surface area contributed by atoms with Gasteiger partial charge in [-0.3, -0.25) is 10.1 Å². The fourth-order valence-electron chi connectivity index (χ4n) is 11.6. The van der Waals surface area contributed by atoms with E-state index >= 15 is 0 Å². The maximum atomic E-state index is 13.8. The molecule has 8 rings (SSSR count). The van der Waals surface area contributed by atoms with Crippen molar-refractivity contribution in [1.82, 2.24) is 29.9 Å². The van der Waals surface area contributed by atoms with E-state index in [1.165, 1.54) is 49.4 Å². The summed E-state index contributed by atoms with van der Waals surface area (Å²) in [6, 6.07) is 4.42. The number of thiazole rings is 1. The molecular formula is C46H62FN9O3S. The van der Waals surface area contributed by atoms with Crippen molar-refractivity contribution < 1.29 is 19.3 Å². The van der Waals surface area contributed by atoms with E-state index in [0.29, 0.717) is 45.3 Å². The molecule has 0 amide bonds. The highest BCUT2D eigenvalue weighted by Crippen LogP contribution is 2.64. The Morgan fingerprint density at radius 2 is 1.85 bits per heavy atom. The second-order valence-electron chi connectivity index (χ2n) is 19.4. The molecule has 0 radical (unpaired) electrons. The molecule has 12 nitrogen and oxygen atoms in total. The summed E-state index contributed by atoms with van der Waals surface area (Å²) in [5.74, 6) is -0.141. The number of aliphatic imine (C=N–C) groups is 1. The largest absolute Gasteiger partial charge is 0.480 e. The van der Waals surface area contributed by atoms with E-state index in [1.807, 2.05) is 30.2 Å². The van der Waals surface area contributed by atoms with Crippen molar-refractivity contribution in [3.05, 3.63) is 82.2 Å². The number of aliphatic hydroxyl groups is 2. The van der Waals surface area contributed by atoms with E-state index in [0.717, 1.165) is 81.5 Å². The quantitative estimate of drug-likeness (QED) is 0.0720. The van der Waals surface area contributed by atoms with E-state index in [9.17, 15) is 20.0 Å². The van der Waals surface area contributed by atoms with Gasteiger partial charge in [0, 0.05) is 42.0 Å². The molecule has 0 spiro atoms. The number of halogens is 1. The zero-order valence-electron chi connectivity index (χ0n) is 36.1. The van der Waals surface area contributed by atoms with Gasteiger partial charge in [0.1, 0.15) is 29.0 Å². The molecule has 3 aromatic rings. The molecule has 14 heteroatoms. The number of hydrogen-bond donors (Lipinski definition) is 5. The Labute approximate surface area is 357 Å². The van der Waals surface area contributed by atoms with Gasteiger partial charge in [-0.1, -0.05) is 45.5 Å². The first-order valence-electron chi connectivity index (χ1n) is 21.7. The predicted octanol–water partition coefficient (Wildman–Crippen LogP) is 9.39. The fourth-order valence-corrected chi connectivity index (χ4v) is 12.5. The number of ether oxygens (including phenoxy) is 1. The van der Waals surface area contributed by atoms with Gasteiger partial charge in [0.2, 0.25) is 5.13 Å². The van der Waals surface area contributed by atoms with Gasteiger partial charge in [0.25, 0.3) is 5.95 Å². The molecule has 5 aliphatic rings. The minimum atomic E-state index is -0.837. The first-order chi connectivity index (χ1) is 28.5. The first-order valence-corrected chi connectivity index (χ1v) is 22.5. The molecule has 4 fully saturated rings. The fraction of sp³-hybridized carbons (Fsp3) is 0.565. The van der Waals surface area contributed by atoms with Crippen LogP contribution in [0.1, 0.15) is 110 Å². The Bertz CT molecular complexity index is 2330. The molecule has 322 valence electrons. The average Bonchev–Trinajstić information content (AvgIpc) is 3.93. The normalized spacial score (nSPS) is 28.2. The van der Waals surface area contributed by atoms with Crippen molar-refractivity contribution in [2.45, 2.75) is 118 Å². The number of nitrogens with two attached hydrogens (primary N) is 1. The van der Waals surface area contributed by atoms with Crippen LogP contribution in [0.15, 0.2) is 70.1 Å². The Balaban J connectivity index is 1.04. The van der Waals surface area contributed by atoms with E-state index < -0.39 is 5.95 Å². The predicted molar refractivity (Wildman–Crippen MR) is 238 cm³/mol. The van der Waals surface area contributed by atoms with Crippen LogP contribution in [0.5, 0.6) is 0 Å². The highest BCUT2D eigenvalue weighted by molar-refractivity contribution is 7.22. The third-order valence-electron chi connectivity index (χ3n) is 13.8. The van der Waals surface area contributed by atoms with E-state index in [2.05, 4.69) is 59.5 Å². The Morgan fingerprint density at radius 1 is 1.07 bits per heavy atom. The second-order valence-corrected chi connectivity index (χ2v) is 20.4. The molecule has 2 saturated heterocycles. The summed E-state index contributed by atoms with van der Waals surface area (Å²) in [6.07, 6.45) is 16.0. The minimum absolute atomic E-state index is 0.00358. The second kappa shape index (κ2) is 16.1. The van der Waals surface area contributed by atoms with Crippen LogP contribution in [-0.2, 0) is 11.3 Å². The molecule has 3 aliphatic heterocycles. The number of dihydropyridines is 1. The number of benzene rings is 1. The molecule has 2 saturated carbocycles. The smallest absolute Gasteiger partial charge is 0.299 e. The van der Waals surface area contributed by atoms with Gasteiger partial charge in [-0.2, -0.15) is 5.10 Å². The van der Waals surface area contributed by atoms with Crippen LogP contribution in [0.3, 0.4) is 0 Å². The topological polar surface area (TPSA) is 161 Å². The molecule has 6 N–H and O–H groups in total. The molecule has 60 heavy (non-hydrogen) atoms. The van der Waals surface area contributed by atoms with Gasteiger partial charge in [0.15, 0.2) is 0 Å². The molecule has 2 aromatic heterocycles. The third-order valence-corrected chi connectivity index (χ3v) is 14.8. The molecule has 3 atom stereocenters. The first kappa shape index (κ1) is 42.2. The van der Waals surface area contributed by atoms with Crippen LogP contribution in [0, 0.1) is 34.4 Å². The average molecular weight is 840 g/mol. The summed E-state index contributed by atoms with van der Waals surface area (Å²) >= 11 is 1.25. The maximum absolute atomic E-state index is 13.8. The summed E-state index contributed by atoms with van der Waals surface area (Å²) in [6.45, 7) is 19.0. The van der Waals surface area contributed by atoms with Gasteiger partial charge in [-0.25, -0.2) is 14.4 Å². The monoisotopic (exact) mass is 839 g/mol. The molecular weight excluding hydrogens is 778 g/mol. The number of amidine groups is 2. The number of nitrogens with zero attached hydrogens (tertiary/aromatic N) is 6. The summed E-state index contributed by atoms with van der Waals surface area (Å²) in [5, 5.41) is 39.3. The number of hydrogen-bond acceptors (Lipinski definition) is 10. The molecule has 3 unspecified atom stereocenters. The molecule has 1 aromatic carbocycles. The number of likely N-dealkylation sites (tertiary alicyclic amines) is 2. The third kappa shape index (κ3) is 8.39. The minimum Gasteiger partial charge on any atom is -0.480 e. The highest BCUT2D eigenvalue weighted by Gasteiger charge is 2.59. The molecule has 2 aliphatic carbocycles. The summed E-state index contributed by atoms with van der Waals surface area (Å²) in [7, 11) is 0. The van der Waals surface area contributed by atoms with Crippen molar-refractivity contribution in [2.75, 3.05) is 32.8 Å². The van der Waals surface area contributed by atoms with Crippen molar-refractivity contribution >= 4 is 43.9 Å². The number of allylic oxidation sites excluding steroid dienone is 3. The van der Waals surface area contributed by atoms with Crippen LogP contribution < -0.4 is 11.1 Å². The van der Waals surface area contributed by atoms with E-state index in [1.54, 1.807) is 6.07 Å². The van der Waals surface area contributed by atoms with Crippen molar-refractivity contribution in [1.29, 1.82) is 5.41 Å². The van der Waals surface area contributed by atoms with Crippen molar-refractivity contribution in [2.24, 2.45) is 27.0 Å². The lowest BCUT2D eigenvalue weighted by Crippen LogP contribution is -2.58. The van der Waals surface area contributed by atoms with Crippen LogP contribution in [0.25, 0.3) is 15.8 Å². The van der Waals surface area contributed by atoms with Crippen LogP contribution in [0.4, 0.5) is 9.52 Å². The van der Waals surface area contributed by atoms with Gasteiger partial charge in [-0.05, 0) is 137 Å². The number of fused-ring (bicyclic) bond motifs is 3. The van der Waals surface area contributed by atoms with Crippen molar-refractivity contribution in [3.8, 4) is 0 Å². The van der Waals surface area contributed by atoms with E-state index in [-0.39, 0.29) is 45.0 Å². The van der Waals surface area contributed by atoms with Crippen LogP contribution in [-0.4, -0.2) is 84.8 Å². The number of aromatic nitrogens is 3. The molecule has 5 heterocycles. The van der Waals surface area contributed by atoms with E-state index in [4.69, 9.17) is 15.6 Å². The lowest BCUT2D eigenvalue weighted by Gasteiger charge is -2.62. The Kier molecular flexibility index (Phi) is 11.3. The number of nitrogens with one attached hydrogen (secondary N) is 2. The Morgan fingerprint density at radius 3 is 2.60 bits per heavy atom. The number of aliphatic hydroxyl groups excluding tert-OH is 1. The van der Waals surface area contributed by atoms with Gasteiger partial charge in [-0.15, -0.1) is 0 Å². The number of piperidine rings is 1. The zero-order valence-corrected chi connectivity index (χ0v) is 36.9. The van der Waals surface area contributed by atoms with Gasteiger partial charge < -0.3 is 35.8 Å². The van der Waals surface area contributed by atoms with Crippen LogP contribution >= 0.6 is 11.3 Å². The standard InChI is InChI=1S/C46H62FN9O3S/c1-7-44(6)25-45(23-43(4,5)24-46(26-44,27-45)59-20-19-54-16-8-9-17-54)28-56-30(3)34(22-50-56)33-13-15-37(52-38(33)41(57)58)55-18-10-11-32(40(55)49)29(2)39(48)53-42-51-35-14-12-31(47)21-36(35)60-42/h12-15,21-22,49,52,57-58H,7-11,16-20,23-28H2,1-6H3,(H2,48,51,53)/b32-29-,49-40?. The zero-order chi connectivity index (χ0) is 42.6. The summed E-state index contributed by atoms with van der Waals surface area (Å²) in [5.41, 5.74) is 11.2.